The molecular weight excluding hydrogens is 348 g/mol. The Morgan fingerprint density at radius 1 is 1.04 bits per heavy atom. The molecule has 2 aromatic rings. The highest BCUT2D eigenvalue weighted by Crippen LogP contribution is 2.22. The second-order valence-corrected chi connectivity index (χ2v) is 7.96. The molecule has 140 valence electrons. The van der Waals surface area contributed by atoms with Gasteiger partial charge in [-0.15, -0.1) is 0 Å². The number of sulfonamides is 1. The van der Waals surface area contributed by atoms with Crippen LogP contribution in [0.15, 0.2) is 47.4 Å². The Morgan fingerprint density at radius 2 is 1.73 bits per heavy atom. The van der Waals surface area contributed by atoms with Crippen LogP contribution >= 0.6 is 0 Å². The lowest BCUT2D eigenvalue weighted by molar-refractivity contribution is 0.102. The van der Waals surface area contributed by atoms with Crippen molar-refractivity contribution < 1.29 is 13.2 Å². The van der Waals surface area contributed by atoms with Crippen molar-refractivity contribution >= 4 is 21.6 Å². The third kappa shape index (κ3) is 4.93. The number of unbranched alkanes of at least 4 members (excludes halogenated alkanes) is 1. The van der Waals surface area contributed by atoms with E-state index >= 15 is 0 Å². The first-order valence-electron chi connectivity index (χ1n) is 8.88. The molecule has 2 rings (SSSR count). The van der Waals surface area contributed by atoms with Gasteiger partial charge in [-0.25, -0.2) is 13.1 Å². The van der Waals surface area contributed by atoms with E-state index in [0.717, 1.165) is 36.1 Å². The van der Waals surface area contributed by atoms with Crippen molar-refractivity contribution in [1.82, 2.24) is 4.72 Å². The lowest BCUT2D eigenvalue weighted by Gasteiger charge is -2.13. The van der Waals surface area contributed by atoms with Crippen molar-refractivity contribution in [3.05, 3.63) is 59.2 Å². The van der Waals surface area contributed by atoms with E-state index in [1.54, 1.807) is 0 Å². The van der Waals surface area contributed by atoms with Gasteiger partial charge in [0, 0.05) is 17.8 Å². The Hall–Kier alpha value is -2.18. The maximum atomic E-state index is 12.5. The third-order valence-corrected chi connectivity index (χ3v) is 5.70. The van der Waals surface area contributed by atoms with E-state index in [0.29, 0.717) is 12.1 Å². The molecule has 6 heteroatoms. The van der Waals surface area contributed by atoms with Crippen molar-refractivity contribution in [2.45, 2.75) is 44.9 Å². The average Bonchev–Trinajstić information content (AvgIpc) is 2.63. The molecule has 0 saturated heterocycles. The first-order chi connectivity index (χ1) is 12.4. The van der Waals surface area contributed by atoms with Gasteiger partial charge < -0.3 is 5.32 Å². The van der Waals surface area contributed by atoms with Crippen LogP contribution in [0.2, 0.25) is 0 Å². The Kier molecular flexibility index (Phi) is 6.94. The molecule has 0 bridgehead atoms. The summed E-state index contributed by atoms with van der Waals surface area (Å²) in [4.78, 5) is 12.7. The summed E-state index contributed by atoms with van der Waals surface area (Å²) in [7, 11) is -3.53. The van der Waals surface area contributed by atoms with Crippen molar-refractivity contribution in [3.63, 3.8) is 0 Å². The van der Waals surface area contributed by atoms with E-state index in [1.807, 2.05) is 39.0 Å². The van der Waals surface area contributed by atoms with Gasteiger partial charge in [-0.05, 0) is 55.2 Å². The Balaban J connectivity index is 2.15. The largest absolute Gasteiger partial charge is 0.321 e. The van der Waals surface area contributed by atoms with Crippen LogP contribution in [0.5, 0.6) is 0 Å². The van der Waals surface area contributed by atoms with Crippen LogP contribution in [0.4, 0.5) is 5.69 Å². The van der Waals surface area contributed by atoms with Gasteiger partial charge in [0.15, 0.2) is 0 Å². The van der Waals surface area contributed by atoms with Crippen LogP contribution in [-0.2, 0) is 16.4 Å². The molecule has 26 heavy (non-hydrogen) atoms. The van der Waals surface area contributed by atoms with Crippen molar-refractivity contribution in [2.75, 3.05) is 11.9 Å². The zero-order valence-corrected chi connectivity index (χ0v) is 16.3. The molecule has 2 N–H and O–H groups in total. The summed E-state index contributed by atoms with van der Waals surface area (Å²) in [5.74, 6) is -0.253. The van der Waals surface area contributed by atoms with Crippen molar-refractivity contribution in [3.8, 4) is 0 Å². The van der Waals surface area contributed by atoms with Crippen LogP contribution in [0, 0.1) is 6.92 Å². The highest BCUT2D eigenvalue weighted by molar-refractivity contribution is 7.89. The molecule has 0 atom stereocenters. The number of carbonyl (C=O) groups is 1. The summed E-state index contributed by atoms with van der Waals surface area (Å²) in [5.41, 5.74) is 3.30. The van der Waals surface area contributed by atoms with Crippen LogP contribution in [0.25, 0.3) is 0 Å². The zero-order chi connectivity index (χ0) is 19.2. The van der Waals surface area contributed by atoms with E-state index in [1.165, 1.54) is 24.3 Å². The van der Waals surface area contributed by atoms with Gasteiger partial charge in [-0.1, -0.05) is 38.5 Å². The van der Waals surface area contributed by atoms with Crippen LogP contribution in [0.3, 0.4) is 0 Å². The molecule has 1 amide bonds. The summed E-state index contributed by atoms with van der Waals surface area (Å²) >= 11 is 0. The maximum absolute atomic E-state index is 12.5. The molecule has 0 unspecified atom stereocenters. The highest BCUT2D eigenvalue weighted by Gasteiger charge is 2.15. The van der Waals surface area contributed by atoms with Gasteiger partial charge in [0.05, 0.1) is 4.90 Å². The molecule has 0 aromatic heterocycles. The van der Waals surface area contributed by atoms with Crippen LogP contribution in [0.1, 0.15) is 48.2 Å². The smallest absolute Gasteiger partial charge is 0.255 e. The number of nitrogens with one attached hydrogen (secondary N) is 2. The lowest BCUT2D eigenvalue weighted by Crippen LogP contribution is -2.24. The van der Waals surface area contributed by atoms with E-state index in [4.69, 9.17) is 0 Å². The molecule has 0 aliphatic rings. The second kappa shape index (κ2) is 8.96. The summed E-state index contributed by atoms with van der Waals surface area (Å²) in [5, 5.41) is 2.94. The third-order valence-electron chi connectivity index (χ3n) is 4.23. The number of para-hydroxylation sites is 1. The Morgan fingerprint density at radius 3 is 2.35 bits per heavy atom. The molecular formula is C20H26N2O3S. The molecule has 0 saturated carbocycles. The lowest BCUT2D eigenvalue weighted by atomic mass is 10.1. The molecule has 0 fully saturated rings. The quantitative estimate of drug-likeness (QED) is 0.688. The summed E-state index contributed by atoms with van der Waals surface area (Å²) < 4.78 is 27.0. The van der Waals surface area contributed by atoms with Crippen LogP contribution in [-0.4, -0.2) is 20.9 Å². The highest BCUT2D eigenvalue weighted by atomic mass is 32.2. The SMILES string of the molecule is CCCCNS(=O)(=O)c1ccc(C(=O)Nc2c(C)cccc2CC)cc1. The van der Waals surface area contributed by atoms with E-state index < -0.39 is 10.0 Å². The number of hydrogen-bond donors (Lipinski definition) is 2. The predicted molar refractivity (Wildman–Crippen MR) is 105 cm³/mol. The molecule has 2 aromatic carbocycles. The average molecular weight is 375 g/mol. The number of carbonyl (C=O) groups excluding carboxylic acids is 1. The fourth-order valence-corrected chi connectivity index (χ4v) is 3.71. The van der Waals surface area contributed by atoms with Gasteiger partial charge in [-0.3, -0.25) is 4.79 Å². The zero-order valence-electron chi connectivity index (χ0n) is 15.5. The number of benzene rings is 2. The summed E-state index contributed by atoms with van der Waals surface area (Å²) in [6.07, 6.45) is 2.52. The van der Waals surface area contributed by atoms with Crippen molar-refractivity contribution in [1.29, 1.82) is 0 Å². The monoisotopic (exact) mass is 374 g/mol. The molecule has 0 spiro atoms. The number of anilines is 1. The Bertz CT molecular complexity index is 859. The first-order valence-corrected chi connectivity index (χ1v) is 10.4. The molecule has 0 radical (unpaired) electrons. The van der Waals surface area contributed by atoms with Crippen molar-refractivity contribution in [2.24, 2.45) is 0 Å². The maximum Gasteiger partial charge on any atom is 0.255 e. The fraction of sp³-hybridized carbons (Fsp3) is 0.350. The fourth-order valence-electron chi connectivity index (χ4n) is 2.64. The number of rotatable bonds is 8. The van der Waals surface area contributed by atoms with E-state index in [9.17, 15) is 13.2 Å². The van der Waals surface area contributed by atoms with Crippen LogP contribution < -0.4 is 10.0 Å². The molecule has 0 heterocycles. The second-order valence-electron chi connectivity index (χ2n) is 6.19. The number of aryl methyl sites for hydroxylation is 2. The minimum Gasteiger partial charge on any atom is -0.321 e. The topological polar surface area (TPSA) is 75.3 Å². The number of hydrogen-bond acceptors (Lipinski definition) is 3. The standard InChI is InChI=1S/C20H26N2O3S/c1-4-6-14-21-26(24,25)18-12-10-17(11-13-18)20(23)22-19-15(3)8-7-9-16(19)5-2/h7-13,21H,4-6,14H2,1-3H3,(H,22,23). The van der Waals surface area contributed by atoms with Gasteiger partial charge in [-0.2, -0.15) is 0 Å². The van der Waals surface area contributed by atoms with Gasteiger partial charge in [0.25, 0.3) is 5.91 Å². The minimum absolute atomic E-state index is 0.162. The van der Waals surface area contributed by atoms with Gasteiger partial charge in [0.1, 0.15) is 0 Å². The van der Waals surface area contributed by atoms with E-state index in [-0.39, 0.29) is 10.8 Å². The summed E-state index contributed by atoms with van der Waals surface area (Å²) in [6, 6.07) is 11.9. The van der Waals surface area contributed by atoms with Gasteiger partial charge in [0.2, 0.25) is 10.0 Å². The molecule has 0 aliphatic heterocycles. The number of amides is 1. The molecule has 0 aliphatic carbocycles. The minimum atomic E-state index is -3.53. The first kappa shape index (κ1) is 20.1. The molecule has 5 nitrogen and oxygen atoms in total. The normalized spacial score (nSPS) is 11.3. The van der Waals surface area contributed by atoms with E-state index in [2.05, 4.69) is 10.0 Å². The van der Waals surface area contributed by atoms with Gasteiger partial charge >= 0.3 is 0 Å². The Labute approximate surface area is 155 Å². The predicted octanol–water partition coefficient (Wildman–Crippen LogP) is 3.89. The summed E-state index contributed by atoms with van der Waals surface area (Å²) in [6.45, 7) is 6.40.